The molecule has 0 amide bonds. The summed E-state index contributed by atoms with van der Waals surface area (Å²) in [5, 5.41) is 3.50. The van der Waals surface area contributed by atoms with Crippen LogP contribution < -0.4 is 5.32 Å². The van der Waals surface area contributed by atoms with Crippen LogP contribution in [0.25, 0.3) is 0 Å². The fourth-order valence-corrected chi connectivity index (χ4v) is 3.38. The molecule has 0 aliphatic rings. The van der Waals surface area contributed by atoms with Gasteiger partial charge in [0.2, 0.25) is 0 Å². The van der Waals surface area contributed by atoms with Crippen LogP contribution in [0.5, 0.6) is 0 Å². The number of methoxy groups -OCH3 is 1. The maximum absolute atomic E-state index is 11.9. The zero-order chi connectivity index (χ0) is 24.5. The molecule has 0 spiro atoms. The molecule has 1 N–H and O–H groups in total. The van der Waals surface area contributed by atoms with Crippen LogP contribution in [-0.4, -0.2) is 50.4 Å². The number of carbonyl (C=O) groups excluding carboxylic acids is 2. The highest BCUT2D eigenvalue weighted by atomic mass is 16.6. The Morgan fingerprint density at radius 2 is 1.64 bits per heavy atom. The highest BCUT2D eigenvalue weighted by molar-refractivity contribution is 5.75. The molecular weight excluding hydrogens is 418 g/mol. The average molecular weight is 462 g/mol. The first-order valence-electron chi connectivity index (χ1n) is 12.1. The monoisotopic (exact) mass is 461 g/mol. The number of ether oxygens (including phenoxy) is 3. The Morgan fingerprint density at radius 1 is 1.00 bits per heavy atom. The van der Waals surface area contributed by atoms with Crippen LogP contribution in [0.15, 0.2) is 36.9 Å². The average Bonchev–Trinajstić information content (AvgIpc) is 2.77. The number of nitrogens with one attached hydrogen (secondary N) is 1. The van der Waals surface area contributed by atoms with Gasteiger partial charge in [0.25, 0.3) is 0 Å². The summed E-state index contributed by atoms with van der Waals surface area (Å²) in [5.41, 5.74) is 1.91. The van der Waals surface area contributed by atoms with Crippen molar-refractivity contribution in [1.82, 2.24) is 5.32 Å². The van der Waals surface area contributed by atoms with Gasteiger partial charge in [-0.1, -0.05) is 49.6 Å². The summed E-state index contributed by atoms with van der Waals surface area (Å²) in [7, 11) is 1.37. The van der Waals surface area contributed by atoms with E-state index in [1.165, 1.54) is 19.1 Å². The Labute approximate surface area is 200 Å². The van der Waals surface area contributed by atoms with Gasteiger partial charge in [0.1, 0.15) is 5.60 Å². The zero-order valence-electron chi connectivity index (χ0n) is 21.0. The van der Waals surface area contributed by atoms with Crippen molar-refractivity contribution >= 4 is 11.9 Å². The van der Waals surface area contributed by atoms with Crippen LogP contribution in [-0.2, 0) is 36.6 Å². The molecule has 0 bridgehead atoms. The molecule has 1 rings (SSSR count). The van der Waals surface area contributed by atoms with E-state index in [4.69, 9.17) is 14.2 Å². The lowest BCUT2D eigenvalue weighted by Gasteiger charge is -2.19. The van der Waals surface area contributed by atoms with E-state index in [-0.39, 0.29) is 11.9 Å². The van der Waals surface area contributed by atoms with E-state index in [1.54, 1.807) is 6.08 Å². The zero-order valence-corrected chi connectivity index (χ0v) is 21.0. The second kappa shape index (κ2) is 16.4. The maximum Gasteiger partial charge on any atom is 0.335 e. The van der Waals surface area contributed by atoms with Crippen LogP contribution in [0.1, 0.15) is 70.4 Å². The number of hydrogen-bond acceptors (Lipinski definition) is 6. The topological polar surface area (TPSA) is 73.9 Å². The van der Waals surface area contributed by atoms with Crippen LogP contribution in [0.4, 0.5) is 0 Å². The molecule has 0 aliphatic carbocycles. The summed E-state index contributed by atoms with van der Waals surface area (Å²) in [6.45, 7) is 11.6. The normalized spacial score (nSPS) is 12.2. The number of benzene rings is 1. The maximum atomic E-state index is 11.9. The predicted molar refractivity (Wildman–Crippen MR) is 132 cm³/mol. The van der Waals surface area contributed by atoms with Gasteiger partial charge in [-0.15, -0.1) is 6.58 Å². The van der Waals surface area contributed by atoms with Crippen molar-refractivity contribution in [3.05, 3.63) is 48.0 Å². The summed E-state index contributed by atoms with van der Waals surface area (Å²) in [6.07, 6.45) is 8.40. The third-order valence-electron chi connectivity index (χ3n) is 5.07. The smallest absolute Gasteiger partial charge is 0.335 e. The molecule has 1 aromatic carbocycles. The highest BCUT2D eigenvalue weighted by Crippen LogP contribution is 2.12. The Morgan fingerprint density at radius 3 is 2.27 bits per heavy atom. The minimum atomic E-state index is -0.613. The summed E-state index contributed by atoms with van der Waals surface area (Å²) >= 11 is 0. The third-order valence-corrected chi connectivity index (χ3v) is 5.07. The highest BCUT2D eigenvalue weighted by Gasteiger charge is 2.20. The largest absolute Gasteiger partial charge is 0.467 e. The first-order chi connectivity index (χ1) is 15.7. The lowest BCUT2D eigenvalue weighted by Crippen LogP contribution is -2.28. The van der Waals surface area contributed by atoms with E-state index < -0.39 is 11.7 Å². The number of esters is 2. The predicted octanol–water partition coefficient (Wildman–Crippen LogP) is 4.79. The molecule has 1 atom stereocenters. The minimum Gasteiger partial charge on any atom is -0.467 e. The molecule has 0 saturated carbocycles. The molecule has 33 heavy (non-hydrogen) atoms. The van der Waals surface area contributed by atoms with Crippen LogP contribution in [0.2, 0.25) is 0 Å². The van der Waals surface area contributed by atoms with Gasteiger partial charge in [-0.25, -0.2) is 4.79 Å². The molecule has 0 aromatic heterocycles. The van der Waals surface area contributed by atoms with Crippen molar-refractivity contribution in [3.8, 4) is 0 Å². The third kappa shape index (κ3) is 14.6. The van der Waals surface area contributed by atoms with Crippen molar-refractivity contribution in [2.75, 3.05) is 26.8 Å². The van der Waals surface area contributed by atoms with E-state index in [2.05, 4.69) is 24.0 Å². The Bertz CT molecular complexity index is 693. The molecule has 0 radical (unpaired) electrons. The molecule has 0 heterocycles. The summed E-state index contributed by atoms with van der Waals surface area (Å²) in [4.78, 5) is 23.5. The summed E-state index contributed by atoms with van der Waals surface area (Å²) in [5.74, 6) is -0.463. The Kier molecular flexibility index (Phi) is 14.4. The molecule has 1 unspecified atom stereocenters. The molecule has 0 aliphatic heterocycles. The molecule has 1 aromatic rings. The van der Waals surface area contributed by atoms with E-state index >= 15 is 0 Å². The van der Waals surface area contributed by atoms with Gasteiger partial charge in [0, 0.05) is 12.8 Å². The van der Waals surface area contributed by atoms with Crippen LogP contribution in [0, 0.1) is 0 Å². The quantitative estimate of drug-likeness (QED) is 0.204. The molecule has 0 saturated heterocycles. The second-order valence-electron chi connectivity index (χ2n) is 9.26. The van der Waals surface area contributed by atoms with E-state index in [0.29, 0.717) is 19.4 Å². The number of carbonyl (C=O) groups is 2. The number of hydrogen-bond donors (Lipinski definition) is 1. The summed E-state index contributed by atoms with van der Waals surface area (Å²) < 4.78 is 15.7. The van der Waals surface area contributed by atoms with Gasteiger partial charge in [-0.05, 0) is 64.3 Å². The van der Waals surface area contributed by atoms with Gasteiger partial charge in [0.15, 0.2) is 6.10 Å². The van der Waals surface area contributed by atoms with Gasteiger partial charge < -0.3 is 19.5 Å². The van der Waals surface area contributed by atoms with Crippen molar-refractivity contribution in [1.29, 1.82) is 0 Å². The molecule has 6 nitrogen and oxygen atoms in total. The van der Waals surface area contributed by atoms with Crippen molar-refractivity contribution < 1.29 is 23.8 Å². The minimum absolute atomic E-state index is 0.0958. The fourth-order valence-electron chi connectivity index (χ4n) is 3.38. The van der Waals surface area contributed by atoms with E-state index in [1.807, 2.05) is 32.9 Å². The Balaban J connectivity index is 2.13. The van der Waals surface area contributed by atoms with Crippen LogP contribution >= 0.6 is 0 Å². The summed E-state index contributed by atoms with van der Waals surface area (Å²) in [6, 6.07) is 8.28. The molecular formula is C27H43NO5. The van der Waals surface area contributed by atoms with E-state index in [0.717, 1.165) is 50.8 Å². The first kappa shape index (κ1) is 28.9. The molecule has 186 valence electrons. The first-order valence-corrected chi connectivity index (χ1v) is 12.1. The molecule has 6 heteroatoms. The number of unbranched alkanes of at least 4 members (excludes halogenated alkanes) is 4. The van der Waals surface area contributed by atoms with Gasteiger partial charge in [0.05, 0.1) is 13.7 Å². The lowest BCUT2D eigenvalue weighted by molar-refractivity contribution is -0.155. The van der Waals surface area contributed by atoms with Gasteiger partial charge >= 0.3 is 11.9 Å². The number of rotatable bonds is 17. The van der Waals surface area contributed by atoms with Gasteiger partial charge in [-0.3, -0.25) is 4.79 Å². The molecule has 0 fully saturated rings. The SMILES string of the molecule is C=CCOC(Cc1ccc(CCNCCCCCCCC(=O)OC(C)(C)C)cc1)C(=O)OC. The van der Waals surface area contributed by atoms with Crippen molar-refractivity contribution in [2.24, 2.45) is 0 Å². The van der Waals surface area contributed by atoms with Crippen LogP contribution in [0.3, 0.4) is 0 Å². The standard InChI is InChI=1S/C27H43NO5/c1-6-20-32-24(26(30)31-5)21-23-15-13-22(14-16-23)17-19-28-18-11-9-7-8-10-12-25(29)33-27(2,3)4/h6,13-16,24,28H,1,7-12,17-21H2,2-5H3. The fraction of sp³-hybridized carbons (Fsp3) is 0.630. The van der Waals surface area contributed by atoms with Crippen molar-refractivity contribution in [3.63, 3.8) is 0 Å². The van der Waals surface area contributed by atoms with Crippen molar-refractivity contribution in [2.45, 2.75) is 83.8 Å². The lowest BCUT2D eigenvalue weighted by atomic mass is 10.0. The second-order valence-corrected chi connectivity index (χ2v) is 9.26. The Hall–Kier alpha value is -2.18. The van der Waals surface area contributed by atoms with E-state index in [9.17, 15) is 9.59 Å². The van der Waals surface area contributed by atoms with Gasteiger partial charge in [-0.2, -0.15) is 0 Å².